The van der Waals surface area contributed by atoms with Crippen LogP contribution in [0.4, 0.5) is 0 Å². The average molecular weight is 210 g/mol. The monoisotopic (exact) mass is 210 g/mol. The Balaban J connectivity index is 2.60. The van der Waals surface area contributed by atoms with Gasteiger partial charge in [-0.1, -0.05) is 0 Å². The summed E-state index contributed by atoms with van der Waals surface area (Å²) in [4.78, 5) is 24.0. The zero-order valence-corrected chi connectivity index (χ0v) is 8.95. The number of hydrogen-bond acceptors (Lipinski definition) is 4. The molecule has 1 amide bonds. The van der Waals surface area contributed by atoms with E-state index in [4.69, 9.17) is 5.26 Å². The predicted molar refractivity (Wildman–Crippen MR) is 51.6 cm³/mol. The summed E-state index contributed by atoms with van der Waals surface area (Å²) in [6, 6.07) is 2.04. The molecule has 5 nitrogen and oxygen atoms in total. The number of nitriles is 1. The normalized spacial score (nSPS) is 17.1. The smallest absolute Gasteiger partial charge is 0.325 e. The molecule has 0 aromatic carbocycles. The number of hydrogen-bond donors (Lipinski definition) is 0. The maximum atomic E-state index is 11.8. The van der Waals surface area contributed by atoms with Crippen molar-refractivity contribution in [3.8, 4) is 6.07 Å². The van der Waals surface area contributed by atoms with Gasteiger partial charge < -0.3 is 9.64 Å². The van der Waals surface area contributed by atoms with Crippen LogP contribution in [-0.4, -0.2) is 37.5 Å². The van der Waals surface area contributed by atoms with Crippen molar-refractivity contribution >= 4 is 11.9 Å². The minimum atomic E-state index is -0.886. The third-order valence-electron chi connectivity index (χ3n) is 2.77. The van der Waals surface area contributed by atoms with E-state index < -0.39 is 11.4 Å². The van der Waals surface area contributed by atoms with Crippen LogP contribution in [0.1, 0.15) is 19.3 Å². The average Bonchev–Trinajstić information content (AvgIpc) is 2.16. The van der Waals surface area contributed by atoms with Gasteiger partial charge in [-0.25, -0.2) is 0 Å². The molecule has 0 unspecified atom stereocenters. The first kappa shape index (κ1) is 11.5. The third kappa shape index (κ3) is 2.09. The molecule has 5 heteroatoms. The standard InChI is InChI=1S/C10H14N2O3/c1-12(6-8(13)15-2)9(14)10(7-11)4-3-5-10/h3-6H2,1-2H3. The summed E-state index contributed by atoms with van der Waals surface area (Å²) in [5, 5.41) is 8.93. The van der Waals surface area contributed by atoms with Gasteiger partial charge in [0, 0.05) is 7.05 Å². The number of nitrogens with zero attached hydrogens (tertiary/aromatic N) is 2. The molecule has 1 fully saturated rings. The fraction of sp³-hybridized carbons (Fsp3) is 0.700. The first-order valence-corrected chi connectivity index (χ1v) is 4.79. The highest BCUT2D eigenvalue weighted by molar-refractivity contribution is 5.89. The molecule has 1 aliphatic carbocycles. The Morgan fingerprint density at radius 2 is 2.13 bits per heavy atom. The maximum absolute atomic E-state index is 11.8. The lowest BCUT2D eigenvalue weighted by Gasteiger charge is -2.36. The van der Waals surface area contributed by atoms with Crippen LogP contribution < -0.4 is 0 Å². The van der Waals surface area contributed by atoms with Gasteiger partial charge in [0.15, 0.2) is 0 Å². The van der Waals surface area contributed by atoms with Gasteiger partial charge in [0.25, 0.3) is 0 Å². The van der Waals surface area contributed by atoms with Crippen molar-refractivity contribution in [2.75, 3.05) is 20.7 Å². The first-order chi connectivity index (χ1) is 7.05. The Labute approximate surface area is 88.6 Å². The number of rotatable bonds is 3. The zero-order chi connectivity index (χ0) is 11.5. The predicted octanol–water partition coefficient (Wildman–Crippen LogP) is 0.312. The summed E-state index contributed by atoms with van der Waals surface area (Å²) in [7, 11) is 2.78. The van der Waals surface area contributed by atoms with Crippen LogP contribution in [0.5, 0.6) is 0 Å². The third-order valence-corrected chi connectivity index (χ3v) is 2.77. The molecule has 0 saturated heterocycles. The molecule has 0 radical (unpaired) electrons. The molecule has 1 saturated carbocycles. The van der Waals surface area contributed by atoms with E-state index in [1.54, 1.807) is 0 Å². The molecule has 0 N–H and O–H groups in total. The quantitative estimate of drug-likeness (QED) is 0.628. The molecular weight excluding hydrogens is 196 g/mol. The lowest BCUT2D eigenvalue weighted by atomic mass is 9.69. The van der Waals surface area contributed by atoms with Crippen molar-refractivity contribution in [3.05, 3.63) is 0 Å². The molecule has 1 rings (SSSR count). The molecule has 0 aliphatic heterocycles. The van der Waals surface area contributed by atoms with Crippen molar-refractivity contribution in [2.45, 2.75) is 19.3 Å². The van der Waals surface area contributed by atoms with E-state index in [0.717, 1.165) is 6.42 Å². The number of carbonyl (C=O) groups excluding carboxylic acids is 2. The molecule has 15 heavy (non-hydrogen) atoms. The van der Waals surface area contributed by atoms with E-state index in [9.17, 15) is 9.59 Å². The van der Waals surface area contributed by atoms with E-state index in [1.165, 1.54) is 19.1 Å². The van der Waals surface area contributed by atoms with Crippen LogP contribution in [0.3, 0.4) is 0 Å². The van der Waals surface area contributed by atoms with E-state index in [0.29, 0.717) is 12.8 Å². The number of esters is 1. The minimum Gasteiger partial charge on any atom is -0.468 e. The van der Waals surface area contributed by atoms with Gasteiger partial charge in [-0.2, -0.15) is 5.26 Å². The summed E-state index contributed by atoms with van der Waals surface area (Å²) in [6.07, 6.45) is 2.08. The summed E-state index contributed by atoms with van der Waals surface area (Å²) in [6.45, 7) is -0.0984. The summed E-state index contributed by atoms with van der Waals surface area (Å²) < 4.78 is 4.45. The van der Waals surface area contributed by atoms with Gasteiger partial charge in [-0.15, -0.1) is 0 Å². The molecule has 1 aliphatic rings. The summed E-state index contributed by atoms with van der Waals surface area (Å²) >= 11 is 0. The number of likely N-dealkylation sites (N-methyl/N-ethyl adjacent to an activating group) is 1. The lowest BCUT2D eigenvalue weighted by Crippen LogP contribution is -2.47. The highest BCUT2D eigenvalue weighted by Gasteiger charge is 2.46. The van der Waals surface area contributed by atoms with Crippen LogP contribution >= 0.6 is 0 Å². The van der Waals surface area contributed by atoms with Crippen LogP contribution in [0.2, 0.25) is 0 Å². The van der Waals surface area contributed by atoms with Crippen molar-refractivity contribution in [1.82, 2.24) is 4.90 Å². The largest absolute Gasteiger partial charge is 0.468 e. The highest BCUT2D eigenvalue weighted by atomic mass is 16.5. The van der Waals surface area contributed by atoms with Gasteiger partial charge in [0.1, 0.15) is 12.0 Å². The Hall–Kier alpha value is -1.57. The van der Waals surface area contributed by atoms with Crippen LogP contribution in [0, 0.1) is 16.7 Å². The number of amides is 1. The molecule has 0 spiro atoms. The molecule has 0 heterocycles. The van der Waals surface area contributed by atoms with E-state index in [2.05, 4.69) is 4.74 Å². The molecular formula is C10H14N2O3. The Bertz CT molecular complexity index is 315. The molecule has 0 aromatic heterocycles. The Morgan fingerprint density at radius 3 is 2.47 bits per heavy atom. The van der Waals surface area contributed by atoms with Crippen molar-refractivity contribution < 1.29 is 14.3 Å². The van der Waals surface area contributed by atoms with Gasteiger partial charge >= 0.3 is 5.97 Å². The zero-order valence-electron chi connectivity index (χ0n) is 8.95. The topological polar surface area (TPSA) is 70.4 Å². The number of methoxy groups -OCH3 is 1. The second kappa shape index (κ2) is 4.30. The molecule has 0 bridgehead atoms. The van der Waals surface area contributed by atoms with Crippen LogP contribution in [-0.2, 0) is 14.3 Å². The molecule has 0 atom stereocenters. The van der Waals surface area contributed by atoms with E-state index >= 15 is 0 Å². The fourth-order valence-electron chi connectivity index (χ4n) is 1.60. The van der Waals surface area contributed by atoms with E-state index in [1.807, 2.05) is 6.07 Å². The minimum absolute atomic E-state index is 0.0984. The Kier molecular flexibility index (Phi) is 3.30. The SMILES string of the molecule is COC(=O)CN(C)C(=O)C1(C#N)CCC1. The Morgan fingerprint density at radius 1 is 1.53 bits per heavy atom. The lowest BCUT2D eigenvalue weighted by molar-refractivity contribution is -0.150. The maximum Gasteiger partial charge on any atom is 0.325 e. The van der Waals surface area contributed by atoms with Gasteiger partial charge in [0.2, 0.25) is 5.91 Å². The van der Waals surface area contributed by atoms with Gasteiger partial charge in [-0.05, 0) is 19.3 Å². The summed E-state index contributed by atoms with van der Waals surface area (Å²) in [5.74, 6) is -0.750. The van der Waals surface area contributed by atoms with Crippen molar-refractivity contribution in [2.24, 2.45) is 5.41 Å². The second-order valence-corrected chi connectivity index (χ2v) is 3.78. The van der Waals surface area contributed by atoms with E-state index in [-0.39, 0.29) is 12.5 Å². The highest BCUT2D eigenvalue weighted by Crippen LogP contribution is 2.41. The van der Waals surface area contributed by atoms with Gasteiger partial charge in [0.05, 0.1) is 13.2 Å². The molecule has 82 valence electrons. The van der Waals surface area contributed by atoms with Crippen molar-refractivity contribution in [1.29, 1.82) is 5.26 Å². The number of carbonyl (C=O) groups is 2. The van der Waals surface area contributed by atoms with Crippen LogP contribution in [0.25, 0.3) is 0 Å². The number of ether oxygens (including phenoxy) is 1. The molecule has 0 aromatic rings. The van der Waals surface area contributed by atoms with Gasteiger partial charge in [-0.3, -0.25) is 9.59 Å². The summed E-state index contributed by atoms with van der Waals surface area (Å²) in [5.41, 5.74) is -0.886. The fourth-order valence-corrected chi connectivity index (χ4v) is 1.60. The second-order valence-electron chi connectivity index (χ2n) is 3.78. The van der Waals surface area contributed by atoms with Crippen LogP contribution in [0.15, 0.2) is 0 Å². The first-order valence-electron chi connectivity index (χ1n) is 4.79. The van der Waals surface area contributed by atoms with Crippen molar-refractivity contribution in [3.63, 3.8) is 0 Å².